The van der Waals surface area contributed by atoms with Gasteiger partial charge in [0.2, 0.25) is 11.8 Å². The number of carbonyl (C=O) groups excluding carboxylic acids is 1. The number of nitrogens with zero attached hydrogens (tertiary/aromatic N) is 2. The van der Waals surface area contributed by atoms with Crippen LogP contribution in [0.15, 0.2) is 28.8 Å². The average molecular weight is 276 g/mol. The molecule has 1 unspecified atom stereocenters. The SMILES string of the molecule is O=C1CNC(c2nc(Cc3ccccc3F)no2)CN1. The zero-order chi connectivity index (χ0) is 13.9. The molecule has 2 N–H and O–H groups in total. The molecule has 104 valence electrons. The van der Waals surface area contributed by atoms with Crippen LogP contribution in [0.2, 0.25) is 0 Å². The highest BCUT2D eigenvalue weighted by molar-refractivity contribution is 5.78. The third-order valence-corrected chi connectivity index (χ3v) is 3.10. The first-order chi connectivity index (χ1) is 9.72. The van der Waals surface area contributed by atoms with Crippen molar-refractivity contribution in [2.75, 3.05) is 13.1 Å². The number of halogens is 1. The summed E-state index contributed by atoms with van der Waals surface area (Å²) in [6.07, 6.45) is 0.273. The van der Waals surface area contributed by atoms with Crippen LogP contribution in [0.25, 0.3) is 0 Å². The Labute approximate surface area is 114 Å². The van der Waals surface area contributed by atoms with Crippen molar-refractivity contribution < 1.29 is 13.7 Å². The van der Waals surface area contributed by atoms with Gasteiger partial charge in [0.25, 0.3) is 0 Å². The first kappa shape index (κ1) is 12.7. The molecule has 6 nitrogen and oxygen atoms in total. The molecule has 1 atom stereocenters. The van der Waals surface area contributed by atoms with Gasteiger partial charge in [0, 0.05) is 13.0 Å². The summed E-state index contributed by atoms with van der Waals surface area (Å²) in [5.41, 5.74) is 0.518. The van der Waals surface area contributed by atoms with E-state index < -0.39 is 0 Å². The second-order valence-electron chi connectivity index (χ2n) is 4.55. The maximum atomic E-state index is 13.5. The minimum absolute atomic E-state index is 0.0626. The molecular weight excluding hydrogens is 263 g/mol. The predicted octanol–water partition coefficient (Wildman–Crippen LogP) is 0.560. The fourth-order valence-electron chi connectivity index (χ4n) is 2.03. The van der Waals surface area contributed by atoms with Gasteiger partial charge in [-0.25, -0.2) is 4.39 Å². The maximum absolute atomic E-state index is 13.5. The van der Waals surface area contributed by atoms with Crippen LogP contribution in [-0.2, 0) is 11.2 Å². The lowest BCUT2D eigenvalue weighted by Crippen LogP contribution is -2.47. The summed E-state index contributed by atoms with van der Waals surface area (Å²) in [7, 11) is 0. The number of rotatable bonds is 3. The van der Waals surface area contributed by atoms with E-state index in [1.807, 2.05) is 0 Å². The number of hydrogen-bond donors (Lipinski definition) is 2. The van der Waals surface area contributed by atoms with Crippen molar-refractivity contribution in [3.63, 3.8) is 0 Å². The molecule has 2 aromatic rings. The van der Waals surface area contributed by atoms with Gasteiger partial charge in [0.1, 0.15) is 11.9 Å². The first-order valence-corrected chi connectivity index (χ1v) is 6.28. The minimum Gasteiger partial charge on any atom is -0.353 e. The van der Waals surface area contributed by atoms with Gasteiger partial charge in [-0.1, -0.05) is 23.4 Å². The highest BCUT2D eigenvalue weighted by Crippen LogP contribution is 2.15. The molecule has 1 aromatic carbocycles. The van der Waals surface area contributed by atoms with Crippen LogP contribution in [0.5, 0.6) is 0 Å². The van der Waals surface area contributed by atoms with Crippen LogP contribution in [0.3, 0.4) is 0 Å². The van der Waals surface area contributed by atoms with E-state index in [0.29, 0.717) is 23.8 Å². The van der Waals surface area contributed by atoms with Gasteiger partial charge in [-0.3, -0.25) is 10.1 Å². The Bertz CT molecular complexity index is 618. The minimum atomic E-state index is -0.290. The molecule has 1 saturated heterocycles. The third-order valence-electron chi connectivity index (χ3n) is 3.10. The van der Waals surface area contributed by atoms with Gasteiger partial charge >= 0.3 is 0 Å². The van der Waals surface area contributed by atoms with Crippen molar-refractivity contribution in [2.45, 2.75) is 12.5 Å². The molecule has 2 heterocycles. The van der Waals surface area contributed by atoms with Crippen LogP contribution in [-0.4, -0.2) is 29.1 Å². The molecule has 0 radical (unpaired) electrons. The molecule has 1 aromatic heterocycles. The zero-order valence-electron chi connectivity index (χ0n) is 10.6. The molecule has 0 saturated carbocycles. The fourth-order valence-corrected chi connectivity index (χ4v) is 2.03. The number of hydrogen-bond acceptors (Lipinski definition) is 5. The van der Waals surface area contributed by atoms with Crippen molar-refractivity contribution >= 4 is 5.91 Å². The predicted molar refractivity (Wildman–Crippen MR) is 67.3 cm³/mol. The largest absolute Gasteiger partial charge is 0.353 e. The quantitative estimate of drug-likeness (QED) is 0.856. The number of benzene rings is 1. The summed E-state index contributed by atoms with van der Waals surface area (Å²) in [5.74, 6) is 0.467. The Kier molecular flexibility index (Phi) is 3.42. The summed E-state index contributed by atoms with van der Waals surface area (Å²) in [5, 5.41) is 9.54. The molecule has 1 fully saturated rings. The Morgan fingerprint density at radius 2 is 2.25 bits per heavy atom. The first-order valence-electron chi connectivity index (χ1n) is 6.28. The molecule has 1 aliphatic heterocycles. The molecule has 1 amide bonds. The van der Waals surface area contributed by atoms with Crippen LogP contribution in [0, 0.1) is 5.82 Å². The summed E-state index contributed by atoms with van der Waals surface area (Å²) in [6.45, 7) is 0.621. The Balaban J connectivity index is 1.71. The molecule has 0 aliphatic carbocycles. The molecule has 20 heavy (non-hydrogen) atoms. The van der Waals surface area contributed by atoms with Gasteiger partial charge in [-0.2, -0.15) is 4.98 Å². The number of piperazine rings is 1. The normalized spacial score (nSPS) is 18.9. The van der Waals surface area contributed by atoms with E-state index in [9.17, 15) is 9.18 Å². The highest BCUT2D eigenvalue weighted by Gasteiger charge is 2.24. The van der Waals surface area contributed by atoms with E-state index in [-0.39, 0.29) is 30.7 Å². The average Bonchev–Trinajstić information content (AvgIpc) is 2.91. The zero-order valence-corrected chi connectivity index (χ0v) is 10.6. The topological polar surface area (TPSA) is 80.1 Å². The van der Waals surface area contributed by atoms with E-state index in [1.165, 1.54) is 6.07 Å². The number of carbonyl (C=O) groups is 1. The van der Waals surface area contributed by atoms with Gasteiger partial charge < -0.3 is 9.84 Å². The second-order valence-corrected chi connectivity index (χ2v) is 4.55. The van der Waals surface area contributed by atoms with Crippen LogP contribution < -0.4 is 10.6 Å². The van der Waals surface area contributed by atoms with Crippen LogP contribution >= 0.6 is 0 Å². The van der Waals surface area contributed by atoms with E-state index >= 15 is 0 Å². The van der Waals surface area contributed by atoms with Crippen LogP contribution in [0.1, 0.15) is 23.3 Å². The van der Waals surface area contributed by atoms with Crippen molar-refractivity contribution in [3.8, 4) is 0 Å². The van der Waals surface area contributed by atoms with E-state index in [0.717, 1.165) is 0 Å². The summed E-state index contributed by atoms with van der Waals surface area (Å²) in [6, 6.07) is 6.28. The second kappa shape index (κ2) is 5.38. The highest BCUT2D eigenvalue weighted by atomic mass is 19.1. The summed E-state index contributed by atoms with van der Waals surface area (Å²) >= 11 is 0. The Morgan fingerprint density at radius 3 is 3.00 bits per heavy atom. The lowest BCUT2D eigenvalue weighted by Gasteiger charge is -2.20. The molecule has 0 spiro atoms. The summed E-state index contributed by atoms with van der Waals surface area (Å²) in [4.78, 5) is 15.3. The van der Waals surface area contributed by atoms with Crippen molar-refractivity contribution in [1.29, 1.82) is 0 Å². The molecule has 0 bridgehead atoms. The summed E-state index contributed by atoms with van der Waals surface area (Å²) < 4.78 is 18.7. The molecule has 1 aliphatic rings. The smallest absolute Gasteiger partial charge is 0.245 e. The van der Waals surface area contributed by atoms with Crippen LogP contribution in [0.4, 0.5) is 4.39 Å². The number of aromatic nitrogens is 2. The van der Waals surface area contributed by atoms with Gasteiger partial charge in [-0.05, 0) is 11.6 Å². The standard InChI is InChI=1S/C13H13FN4O2/c14-9-4-2-1-3-8(9)5-11-17-13(20-18-11)10-6-16-12(19)7-15-10/h1-4,10,15H,5-7H2,(H,16,19). The van der Waals surface area contributed by atoms with Crippen molar-refractivity contribution in [1.82, 2.24) is 20.8 Å². The van der Waals surface area contributed by atoms with Gasteiger partial charge in [0.15, 0.2) is 5.82 Å². The number of amides is 1. The van der Waals surface area contributed by atoms with E-state index in [2.05, 4.69) is 20.8 Å². The third kappa shape index (κ3) is 2.67. The Morgan fingerprint density at radius 1 is 1.40 bits per heavy atom. The van der Waals surface area contributed by atoms with E-state index in [1.54, 1.807) is 18.2 Å². The van der Waals surface area contributed by atoms with E-state index in [4.69, 9.17) is 4.52 Å². The van der Waals surface area contributed by atoms with Crippen molar-refractivity contribution in [3.05, 3.63) is 47.4 Å². The maximum Gasteiger partial charge on any atom is 0.245 e. The lowest BCUT2D eigenvalue weighted by atomic mass is 10.1. The number of nitrogens with one attached hydrogen (secondary N) is 2. The van der Waals surface area contributed by atoms with Gasteiger partial charge in [0.05, 0.1) is 6.54 Å². The fraction of sp³-hybridized carbons (Fsp3) is 0.308. The Hall–Kier alpha value is -2.28. The molecule has 3 rings (SSSR count). The van der Waals surface area contributed by atoms with Gasteiger partial charge in [-0.15, -0.1) is 0 Å². The molecule has 7 heteroatoms. The molecular formula is C13H13FN4O2. The lowest BCUT2D eigenvalue weighted by molar-refractivity contribution is -0.121. The monoisotopic (exact) mass is 276 g/mol. The van der Waals surface area contributed by atoms with Crippen molar-refractivity contribution in [2.24, 2.45) is 0 Å².